The first kappa shape index (κ1) is 18.8. The second-order valence-electron chi connectivity index (χ2n) is 6.13. The Morgan fingerprint density at radius 1 is 1.30 bits per heavy atom. The smallest absolute Gasteiger partial charge is 0.259 e. The number of nitrogens with one attached hydrogen (secondary N) is 3. The molecule has 3 aromatic rings. The van der Waals surface area contributed by atoms with Crippen LogP contribution in [0.1, 0.15) is 29.3 Å². The highest BCUT2D eigenvalue weighted by molar-refractivity contribution is 7.92. The number of carbonyl (C=O) groups excluding carboxylic acids is 1. The molecule has 0 aliphatic carbocycles. The summed E-state index contributed by atoms with van der Waals surface area (Å²) < 4.78 is 40.9. The highest BCUT2D eigenvalue weighted by Gasteiger charge is 2.21. The molecule has 1 aromatic carbocycles. The number of amides is 1. The van der Waals surface area contributed by atoms with Crippen molar-refractivity contribution in [3.63, 3.8) is 0 Å². The molecule has 7 nitrogen and oxygen atoms in total. The standard InChI is InChI=1S/C18H19FN4O3S/c1-3-8-27(25,26)23-14-5-4-11(2)15(16(14)19)18(24)22-13-9-12-6-7-20-17(12)21-10-13/h4-7,9-10,23H,3,8H2,1-2H3,(H,20,21)(H,22,24). The average molecular weight is 390 g/mol. The van der Waals surface area contributed by atoms with Gasteiger partial charge in [-0.1, -0.05) is 13.0 Å². The van der Waals surface area contributed by atoms with Gasteiger partial charge in [0.05, 0.1) is 28.9 Å². The molecule has 2 aromatic heterocycles. The van der Waals surface area contributed by atoms with Crippen molar-refractivity contribution >= 4 is 38.3 Å². The average Bonchev–Trinajstić information content (AvgIpc) is 3.05. The summed E-state index contributed by atoms with van der Waals surface area (Å²) in [7, 11) is -3.67. The number of sulfonamides is 1. The maximum atomic E-state index is 14.9. The second kappa shape index (κ2) is 7.36. The fourth-order valence-corrected chi connectivity index (χ4v) is 3.85. The van der Waals surface area contributed by atoms with E-state index in [1.54, 1.807) is 32.2 Å². The number of nitrogens with zero attached hydrogens (tertiary/aromatic N) is 1. The largest absolute Gasteiger partial charge is 0.346 e. The Labute approximate surface area is 156 Å². The van der Waals surface area contributed by atoms with Gasteiger partial charge in [0.2, 0.25) is 10.0 Å². The van der Waals surface area contributed by atoms with Crippen LogP contribution in [0.4, 0.5) is 15.8 Å². The number of H-pyrrole nitrogens is 1. The van der Waals surface area contributed by atoms with E-state index in [4.69, 9.17) is 0 Å². The Bertz CT molecular complexity index is 1110. The van der Waals surface area contributed by atoms with Gasteiger partial charge in [0.1, 0.15) is 5.65 Å². The summed E-state index contributed by atoms with van der Waals surface area (Å²) >= 11 is 0. The molecule has 0 saturated heterocycles. The molecular weight excluding hydrogens is 371 g/mol. The molecule has 0 aliphatic rings. The Balaban J connectivity index is 1.90. The molecule has 0 bridgehead atoms. The van der Waals surface area contributed by atoms with Crippen LogP contribution in [0.15, 0.2) is 36.7 Å². The van der Waals surface area contributed by atoms with Crippen LogP contribution in [0, 0.1) is 12.7 Å². The molecule has 0 aliphatic heterocycles. The fourth-order valence-electron chi connectivity index (χ4n) is 2.72. The quantitative estimate of drug-likeness (QED) is 0.600. The Morgan fingerprint density at radius 2 is 2.07 bits per heavy atom. The normalized spacial score (nSPS) is 11.5. The third kappa shape index (κ3) is 4.08. The minimum atomic E-state index is -3.67. The molecule has 0 radical (unpaired) electrons. The maximum absolute atomic E-state index is 14.9. The van der Waals surface area contributed by atoms with Crippen molar-refractivity contribution in [1.82, 2.24) is 9.97 Å². The topological polar surface area (TPSA) is 104 Å². The Morgan fingerprint density at radius 3 is 2.81 bits per heavy atom. The van der Waals surface area contributed by atoms with Gasteiger partial charge in [-0.05, 0) is 37.1 Å². The summed E-state index contributed by atoms with van der Waals surface area (Å²) in [4.78, 5) is 19.7. The molecule has 0 atom stereocenters. The fraction of sp³-hybridized carbons (Fsp3) is 0.222. The van der Waals surface area contributed by atoms with E-state index in [0.717, 1.165) is 5.39 Å². The SMILES string of the molecule is CCCS(=O)(=O)Nc1ccc(C)c(C(=O)Nc2cnc3[nH]ccc3c2)c1F. The number of fused-ring (bicyclic) bond motifs is 1. The molecule has 0 spiro atoms. The van der Waals surface area contributed by atoms with Crippen molar-refractivity contribution in [3.8, 4) is 0 Å². The summed E-state index contributed by atoms with van der Waals surface area (Å²) in [5.41, 5.74) is 0.990. The van der Waals surface area contributed by atoms with Gasteiger partial charge in [-0.3, -0.25) is 9.52 Å². The van der Waals surface area contributed by atoms with Crippen molar-refractivity contribution in [3.05, 3.63) is 53.6 Å². The van der Waals surface area contributed by atoms with E-state index < -0.39 is 21.7 Å². The Kier molecular flexibility index (Phi) is 5.13. The molecular formula is C18H19FN4O3S. The van der Waals surface area contributed by atoms with Gasteiger partial charge in [-0.15, -0.1) is 0 Å². The van der Waals surface area contributed by atoms with Gasteiger partial charge in [-0.2, -0.15) is 0 Å². The molecule has 3 N–H and O–H groups in total. The first-order chi connectivity index (χ1) is 12.8. The first-order valence-electron chi connectivity index (χ1n) is 8.35. The summed E-state index contributed by atoms with van der Waals surface area (Å²) in [6.07, 6.45) is 3.57. The van der Waals surface area contributed by atoms with Gasteiger partial charge in [0.25, 0.3) is 5.91 Å². The summed E-state index contributed by atoms with van der Waals surface area (Å²) in [6.45, 7) is 3.29. The van der Waals surface area contributed by atoms with E-state index in [9.17, 15) is 17.6 Å². The minimum absolute atomic E-state index is 0.135. The first-order valence-corrected chi connectivity index (χ1v) is 10.00. The zero-order valence-corrected chi connectivity index (χ0v) is 15.7. The van der Waals surface area contributed by atoms with Crippen LogP contribution in [0.2, 0.25) is 0 Å². The Hall–Kier alpha value is -2.94. The predicted octanol–water partition coefficient (Wildman–Crippen LogP) is 3.41. The zero-order valence-electron chi connectivity index (χ0n) is 14.8. The van der Waals surface area contributed by atoms with E-state index in [0.29, 0.717) is 23.3 Å². The molecule has 3 rings (SSSR count). The van der Waals surface area contributed by atoms with Crippen LogP contribution in [0.5, 0.6) is 0 Å². The van der Waals surface area contributed by atoms with E-state index in [2.05, 4.69) is 20.0 Å². The second-order valence-corrected chi connectivity index (χ2v) is 7.98. The maximum Gasteiger partial charge on any atom is 0.259 e. The molecule has 9 heteroatoms. The summed E-state index contributed by atoms with van der Waals surface area (Å²) in [5, 5.41) is 3.40. The molecule has 2 heterocycles. The summed E-state index contributed by atoms with van der Waals surface area (Å²) in [6, 6.07) is 6.31. The van der Waals surface area contributed by atoms with Crippen molar-refractivity contribution in [2.24, 2.45) is 0 Å². The number of rotatable bonds is 6. The van der Waals surface area contributed by atoms with E-state index >= 15 is 0 Å². The predicted molar refractivity (Wildman–Crippen MR) is 103 cm³/mol. The number of anilines is 2. The lowest BCUT2D eigenvalue weighted by Crippen LogP contribution is -2.20. The van der Waals surface area contributed by atoms with Gasteiger partial charge in [-0.25, -0.2) is 17.8 Å². The minimum Gasteiger partial charge on any atom is -0.346 e. The van der Waals surface area contributed by atoms with Gasteiger partial charge in [0, 0.05) is 11.6 Å². The third-order valence-electron chi connectivity index (χ3n) is 3.97. The van der Waals surface area contributed by atoms with Crippen LogP contribution < -0.4 is 10.0 Å². The lowest BCUT2D eigenvalue weighted by molar-refractivity contribution is 0.102. The highest BCUT2D eigenvalue weighted by atomic mass is 32.2. The zero-order chi connectivity index (χ0) is 19.6. The van der Waals surface area contributed by atoms with Crippen LogP contribution in [-0.2, 0) is 10.0 Å². The van der Waals surface area contributed by atoms with Gasteiger partial charge < -0.3 is 10.3 Å². The van der Waals surface area contributed by atoms with Crippen LogP contribution in [-0.4, -0.2) is 30.0 Å². The van der Waals surface area contributed by atoms with Crippen molar-refractivity contribution < 1.29 is 17.6 Å². The van der Waals surface area contributed by atoms with Crippen LogP contribution >= 0.6 is 0 Å². The van der Waals surface area contributed by atoms with E-state index in [-0.39, 0.29) is 17.0 Å². The number of pyridine rings is 1. The molecule has 142 valence electrons. The number of hydrogen-bond acceptors (Lipinski definition) is 4. The van der Waals surface area contributed by atoms with Crippen molar-refractivity contribution in [2.45, 2.75) is 20.3 Å². The van der Waals surface area contributed by atoms with E-state index in [1.165, 1.54) is 18.3 Å². The monoisotopic (exact) mass is 390 g/mol. The van der Waals surface area contributed by atoms with Gasteiger partial charge >= 0.3 is 0 Å². The molecule has 0 saturated carbocycles. The lowest BCUT2D eigenvalue weighted by atomic mass is 10.1. The molecule has 1 amide bonds. The summed E-state index contributed by atoms with van der Waals surface area (Å²) in [5.74, 6) is -1.73. The molecule has 27 heavy (non-hydrogen) atoms. The van der Waals surface area contributed by atoms with E-state index in [1.807, 2.05) is 0 Å². The number of aromatic amines is 1. The number of benzene rings is 1. The lowest BCUT2D eigenvalue weighted by Gasteiger charge is -2.13. The molecule has 0 unspecified atom stereocenters. The van der Waals surface area contributed by atoms with Gasteiger partial charge in [0.15, 0.2) is 5.82 Å². The van der Waals surface area contributed by atoms with Crippen molar-refractivity contribution in [1.29, 1.82) is 0 Å². The number of aromatic nitrogens is 2. The number of aryl methyl sites for hydroxylation is 1. The highest BCUT2D eigenvalue weighted by Crippen LogP contribution is 2.24. The van der Waals surface area contributed by atoms with Crippen molar-refractivity contribution in [2.75, 3.05) is 15.8 Å². The molecule has 0 fully saturated rings. The number of hydrogen-bond donors (Lipinski definition) is 3. The van der Waals surface area contributed by atoms with Crippen LogP contribution in [0.25, 0.3) is 11.0 Å². The number of carbonyl (C=O) groups is 1. The third-order valence-corrected chi connectivity index (χ3v) is 5.45. The van der Waals surface area contributed by atoms with Crippen LogP contribution in [0.3, 0.4) is 0 Å². The number of halogens is 1.